The second-order valence-electron chi connectivity index (χ2n) is 6.52. The van der Waals surface area contributed by atoms with Gasteiger partial charge in [-0.1, -0.05) is 18.2 Å². The molecule has 1 atom stereocenters. The zero-order valence-electron chi connectivity index (χ0n) is 15.1. The van der Waals surface area contributed by atoms with Gasteiger partial charge in [-0.05, 0) is 42.3 Å². The van der Waals surface area contributed by atoms with E-state index in [2.05, 4.69) is 5.32 Å². The van der Waals surface area contributed by atoms with Crippen molar-refractivity contribution in [1.82, 2.24) is 10.2 Å². The first-order valence-corrected chi connectivity index (χ1v) is 10.2. The maximum Gasteiger partial charge on any atom is 0.254 e. The minimum absolute atomic E-state index is 0. The molecule has 0 aliphatic carbocycles. The summed E-state index contributed by atoms with van der Waals surface area (Å²) in [6, 6.07) is 10.5. The summed E-state index contributed by atoms with van der Waals surface area (Å²) in [7, 11) is -3.41. The summed E-state index contributed by atoms with van der Waals surface area (Å²) in [5.74, 6) is -0.598. The van der Waals surface area contributed by atoms with E-state index in [-0.39, 0.29) is 35.1 Å². The molecular weight excluding hydrogens is 391 g/mol. The molecule has 1 unspecified atom stereocenters. The van der Waals surface area contributed by atoms with Crippen LogP contribution in [-0.4, -0.2) is 45.1 Å². The van der Waals surface area contributed by atoms with Gasteiger partial charge in [-0.15, -0.1) is 12.4 Å². The summed E-state index contributed by atoms with van der Waals surface area (Å²) in [6.45, 7) is 3.38. The van der Waals surface area contributed by atoms with Gasteiger partial charge in [0.25, 0.3) is 5.91 Å². The highest BCUT2D eigenvalue weighted by Crippen LogP contribution is 2.26. The Hall–Kier alpha value is -1.96. The molecule has 1 aliphatic heterocycles. The maximum atomic E-state index is 13.6. The van der Waals surface area contributed by atoms with Crippen molar-refractivity contribution >= 4 is 28.2 Å². The molecule has 0 bridgehead atoms. The number of hydrogen-bond acceptors (Lipinski definition) is 4. The summed E-state index contributed by atoms with van der Waals surface area (Å²) in [5.41, 5.74) is 1.78. The van der Waals surface area contributed by atoms with Gasteiger partial charge in [0, 0.05) is 31.5 Å². The molecule has 2 aromatic carbocycles. The molecule has 1 fully saturated rings. The molecule has 1 amide bonds. The topological polar surface area (TPSA) is 66.5 Å². The number of amides is 1. The number of nitrogens with zero attached hydrogens (tertiary/aromatic N) is 1. The minimum atomic E-state index is -3.41. The Morgan fingerprint density at radius 3 is 2.63 bits per heavy atom. The van der Waals surface area contributed by atoms with Gasteiger partial charge in [0.2, 0.25) is 0 Å². The highest BCUT2D eigenvalue weighted by molar-refractivity contribution is 7.90. The smallest absolute Gasteiger partial charge is 0.254 e. The SMILES string of the molecule is Cc1ccc(S(C)(=O)=O)cc1C(=O)N1CCNCC1c1cccc(F)c1.Cl. The Kier molecular flexibility index (Phi) is 6.62. The van der Waals surface area contributed by atoms with E-state index in [1.165, 1.54) is 24.3 Å². The first-order chi connectivity index (χ1) is 12.3. The highest BCUT2D eigenvalue weighted by atomic mass is 35.5. The van der Waals surface area contributed by atoms with Crippen molar-refractivity contribution in [1.29, 1.82) is 0 Å². The van der Waals surface area contributed by atoms with E-state index in [1.54, 1.807) is 30.0 Å². The fourth-order valence-corrected chi connectivity index (χ4v) is 3.82. The molecule has 5 nitrogen and oxygen atoms in total. The molecule has 2 aromatic rings. The molecule has 1 aliphatic rings. The lowest BCUT2D eigenvalue weighted by atomic mass is 10.0. The van der Waals surface area contributed by atoms with Crippen molar-refractivity contribution in [3.63, 3.8) is 0 Å². The van der Waals surface area contributed by atoms with Crippen LogP contribution in [-0.2, 0) is 9.84 Å². The minimum Gasteiger partial charge on any atom is -0.329 e. The van der Waals surface area contributed by atoms with Gasteiger partial charge in [0.15, 0.2) is 9.84 Å². The van der Waals surface area contributed by atoms with E-state index < -0.39 is 9.84 Å². The standard InChI is InChI=1S/C19H21FN2O3S.ClH/c1-13-6-7-16(26(2,24)25)11-17(13)19(23)22-9-8-21-12-18(22)14-4-3-5-15(20)10-14;/h3-7,10-11,18,21H,8-9,12H2,1-2H3;1H. The third-order valence-electron chi connectivity index (χ3n) is 4.61. The number of nitrogens with one attached hydrogen (secondary N) is 1. The lowest BCUT2D eigenvalue weighted by Gasteiger charge is -2.37. The van der Waals surface area contributed by atoms with Gasteiger partial charge in [-0.3, -0.25) is 4.79 Å². The van der Waals surface area contributed by atoms with Crippen molar-refractivity contribution in [2.75, 3.05) is 25.9 Å². The third-order valence-corrected chi connectivity index (χ3v) is 5.72. The number of halogens is 2. The average molecular weight is 413 g/mol. The Bertz CT molecular complexity index is 950. The summed E-state index contributed by atoms with van der Waals surface area (Å²) in [4.78, 5) is 15.0. The van der Waals surface area contributed by atoms with Crippen molar-refractivity contribution in [2.45, 2.75) is 17.9 Å². The second kappa shape index (κ2) is 8.37. The molecule has 3 rings (SSSR count). The van der Waals surface area contributed by atoms with E-state index in [0.29, 0.717) is 36.3 Å². The highest BCUT2D eigenvalue weighted by Gasteiger charge is 2.30. The first kappa shape index (κ1) is 21.3. The van der Waals surface area contributed by atoms with Crippen LogP contribution in [0.2, 0.25) is 0 Å². The summed E-state index contributed by atoms with van der Waals surface area (Å²) in [6.07, 6.45) is 1.12. The second-order valence-corrected chi connectivity index (χ2v) is 8.54. The summed E-state index contributed by atoms with van der Waals surface area (Å²) >= 11 is 0. The van der Waals surface area contributed by atoms with E-state index in [1.807, 2.05) is 0 Å². The van der Waals surface area contributed by atoms with Crippen LogP contribution in [0.25, 0.3) is 0 Å². The number of carbonyl (C=O) groups is 1. The molecule has 1 saturated heterocycles. The van der Waals surface area contributed by atoms with E-state index in [0.717, 1.165) is 6.26 Å². The molecule has 27 heavy (non-hydrogen) atoms. The number of hydrogen-bond donors (Lipinski definition) is 1. The third kappa shape index (κ3) is 4.66. The van der Waals surface area contributed by atoms with Gasteiger partial charge in [0.1, 0.15) is 5.82 Å². The number of benzene rings is 2. The Morgan fingerprint density at radius 1 is 1.22 bits per heavy atom. The fraction of sp³-hybridized carbons (Fsp3) is 0.316. The van der Waals surface area contributed by atoms with Crippen LogP contribution in [0.3, 0.4) is 0 Å². The molecule has 146 valence electrons. The zero-order chi connectivity index (χ0) is 18.9. The van der Waals surface area contributed by atoms with Crippen LogP contribution in [0.15, 0.2) is 47.4 Å². The molecule has 1 N–H and O–H groups in total. The lowest BCUT2D eigenvalue weighted by Crippen LogP contribution is -2.48. The first-order valence-electron chi connectivity index (χ1n) is 8.35. The van der Waals surface area contributed by atoms with E-state index >= 15 is 0 Å². The van der Waals surface area contributed by atoms with Crippen LogP contribution in [0.1, 0.15) is 27.5 Å². The fourth-order valence-electron chi connectivity index (χ4n) is 3.18. The quantitative estimate of drug-likeness (QED) is 0.841. The largest absolute Gasteiger partial charge is 0.329 e. The number of rotatable bonds is 3. The summed E-state index contributed by atoms with van der Waals surface area (Å²) in [5, 5.41) is 3.23. The van der Waals surface area contributed by atoms with Crippen LogP contribution in [0.5, 0.6) is 0 Å². The number of piperazine rings is 1. The molecule has 0 saturated carbocycles. The molecule has 0 aromatic heterocycles. The van der Waals surface area contributed by atoms with E-state index in [9.17, 15) is 17.6 Å². The lowest BCUT2D eigenvalue weighted by molar-refractivity contribution is 0.0633. The molecule has 0 radical (unpaired) electrons. The van der Waals surface area contributed by atoms with E-state index in [4.69, 9.17) is 0 Å². The van der Waals surface area contributed by atoms with Crippen LogP contribution in [0, 0.1) is 12.7 Å². The van der Waals surface area contributed by atoms with Crippen molar-refractivity contribution < 1.29 is 17.6 Å². The molecular formula is C19H22ClFN2O3S. The normalized spacial score (nSPS) is 17.3. The maximum absolute atomic E-state index is 13.6. The van der Waals surface area contributed by atoms with Gasteiger partial charge in [-0.2, -0.15) is 0 Å². The predicted octanol–water partition coefficient (Wildman–Crippen LogP) is 2.75. The average Bonchev–Trinajstić information content (AvgIpc) is 2.60. The Labute approximate surface area is 164 Å². The van der Waals surface area contributed by atoms with Crippen LogP contribution >= 0.6 is 12.4 Å². The monoisotopic (exact) mass is 412 g/mol. The number of aryl methyl sites for hydroxylation is 1. The molecule has 1 heterocycles. The van der Waals surface area contributed by atoms with Crippen LogP contribution < -0.4 is 5.32 Å². The van der Waals surface area contributed by atoms with Crippen LogP contribution in [0.4, 0.5) is 4.39 Å². The zero-order valence-corrected chi connectivity index (χ0v) is 16.7. The van der Waals surface area contributed by atoms with Crippen molar-refractivity contribution in [3.8, 4) is 0 Å². The van der Waals surface area contributed by atoms with Gasteiger partial charge >= 0.3 is 0 Å². The summed E-state index contributed by atoms with van der Waals surface area (Å²) < 4.78 is 37.3. The van der Waals surface area contributed by atoms with Crippen molar-refractivity contribution in [2.24, 2.45) is 0 Å². The Morgan fingerprint density at radius 2 is 1.96 bits per heavy atom. The van der Waals surface area contributed by atoms with Gasteiger partial charge < -0.3 is 10.2 Å². The van der Waals surface area contributed by atoms with Crippen molar-refractivity contribution in [3.05, 3.63) is 65.0 Å². The number of carbonyl (C=O) groups excluding carboxylic acids is 1. The molecule has 8 heteroatoms. The molecule has 0 spiro atoms. The van der Waals surface area contributed by atoms with Gasteiger partial charge in [-0.25, -0.2) is 12.8 Å². The number of sulfone groups is 1. The predicted molar refractivity (Wildman–Crippen MR) is 105 cm³/mol. The Balaban J connectivity index is 0.00000261. The van der Waals surface area contributed by atoms with Gasteiger partial charge in [0.05, 0.1) is 10.9 Å².